The van der Waals surface area contributed by atoms with Gasteiger partial charge in [0, 0.05) is 15.6 Å². The van der Waals surface area contributed by atoms with Gasteiger partial charge in [0.1, 0.15) is 4.34 Å². The predicted molar refractivity (Wildman–Crippen MR) is 118 cm³/mol. The van der Waals surface area contributed by atoms with E-state index < -0.39 is 0 Å². The summed E-state index contributed by atoms with van der Waals surface area (Å²) in [6.45, 7) is 0. The average Bonchev–Trinajstić information content (AvgIpc) is 3.27. The van der Waals surface area contributed by atoms with Gasteiger partial charge in [0.15, 0.2) is 5.13 Å². The molecule has 0 fully saturated rings. The van der Waals surface area contributed by atoms with Crippen molar-refractivity contribution in [2.75, 3.05) is 5.32 Å². The first-order chi connectivity index (χ1) is 13.2. The Morgan fingerprint density at radius 2 is 1.93 bits per heavy atom. The Morgan fingerprint density at radius 3 is 2.74 bits per heavy atom. The number of carbonyl (C=O) groups is 1. The van der Waals surface area contributed by atoms with Crippen molar-refractivity contribution >= 4 is 71.6 Å². The molecule has 0 radical (unpaired) electrons. The predicted octanol–water partition coefficient (Wildman–Crippen LogP) is 5.99. The van der Waals surface area contributed by atoms with Crippen LogP contribution in [0.15, 0.2) is 62.7 Å². The van der Waals surface area contributed by atoms with Crippen molar-refractivity contribution in [3.05, 3.63) is 69.6 Å². The number of benzene rings is 2. The fourth-order valence-corrected chi connectivity index (χ4v) is 5.36. The number of halogens is 1. The van der Waals surface area contributed by atoms with Crippen LogP contribution in [0.5, 0.6) is 0 Å². The lowest BCUT2D eigenvalue weighted by atomic mass is 10.2. The Bertz CT molecular complexity index is 1040. The molecule has 0 saturated heterocycles. The molecule has 0 saturated carbocycles. The molecule has 8 heteroatoms. The fraction of sp³-hybridized carbons (Fsp3) is 0.105. The number of fused-ring (bicyclic) bond motifs is 1. The van der Waals surface area contributed by atoms with Crippen LogP contribution in [-0.2, 0) is 17.0 Å². The van der Waals surface area contributed by atoms with Crippen LogP contribution in [0.2, 0.25) is 0 Å². The molecule has 0 unspecified atom stereocenters. The van der Waals surface area contributed by atoms with Crippen LogP contribution in [-0.4, -0.2) is 15.9 Å². The highest BCUT2D eigenvalue weighted by molar-refractivity contribution is 9.10. The molecule has 27 heavy (non-hydrogen) atoms. The van der Waals surface area contributed by atoms with E-state index in [2.05, 4.69) is 43.3 Å². The minimum atomic E-state index is -0.0937. The van der Waals surface area contributed by atoms with E-state index in [0.29, 0.717) is 5.13 Å². The van der Waals surface area contributed by atoms with Crippen molar-refractivity contribution < 1.29 is 4.79 Å². The van der Waals surface area contributed by atoms with Crippen LogP contribution in [0, 0.1) is 0 Å². The highest BCUT2D eigenvalue weighted by Gasteiger charge is 2.11. The molecule has 1 N–H and O–H groups in total. The average molecular weight is 476 g/mol. The van der Waals surface area contributed by atoms with Gasteiger partial charge >= 0.3 is 0 Å². The van der Waals surface area contributed by atoms with Crippen LogP contribution in [0.4, 0.5) is 5.13 Å². The second kappa shape index (κ2) is 8.52. The van der Waals surface area contributed by atoms with Crippen molar-refractivity contribution in [2.24, 2.45) is 0 Å². The van der Waals surface area contributed by atoms with E-state index in [4.69, 9.17) is 0 Å². The molecule has 0 aliphatic rings. The van der Waals surface area contributed by atoms with E-state index in [1.807, 2.05) is 41.8 Å². The summed E-state index contributed by atoms with van der Waals surface area (Å²) in [7, 11) is 0. The largest absolute Gasteiger partial charge is 0.302 e. The van der Waals surface area contributed by atoms with Gasteiger partial charge in [-0.3, -0.25) is 4.79 Å². The van der Waals surface area contributed by atoms with E-state index in [1.54, 1.807) is 23.1 Å². The first-order valence-corrected chi connectivity index (χ1v) is 11.6. The highest BCUT2D eigenvalue weighted by Crippen LogP contribution is 2.28. The van der Waals surface area contributed by atoms with Gasteiger partial charge in [-0.15, -0.1) is 11.3 Å². The molecule has 1 amide bonds. The quantitative estimate of drug-likeness (QED) is 0.348. The molecular formula is C19H14BrN3OS3. The molecule has 2 heterocycles. The topological polar surface area (TPSA) is 54.9 Å². The number of carbonyl (C=O) groups excluding carboxylic acids is 1. The zero-order chi connectivity index (χ0) is 18.6. The van der Waals surface area contributed by atoms with Crippen LogP contribution < -0.4 is 5.32 Å². The molecule has 4 rings (SSSR count). The van der Waals surface area contributed by atoms with Crippen molar-refractivity contribution in [1.29, 1.82) is 0 Å². The van der Waals surface area contributed by atoms with Gasteiger partial charge in [0.25, 0.3) is 0 Å². The molecule has 0 atom stereocenters. The van der Waals surface area contributed by atoms with Crippen LogP contribution >= 0.6 is 50.4 Å². The number of rotatable bonds is 6. The first kappa shape index (κ1) is 18.6. The smallest absolute Gasteiger partial charge is 0.232 e. The standard InChI is InChI=1S/C19H14BrN3OS3/c20-13-7-5-12(6-8-13)10-25-19-21-14(11-26-19)9-17(24)23-18-22-15-3-1-2-4-16(15)27-18/h1-8,11H,9-10H2,(H,22,23,24). The van der Waals surface area contributed by atoms with Gasteiger partial charge in [0.05, 0.1) is 22.3 Å². The number of aromatic nitrogens is 2. The molecule has 136 valence electrons. The third-order valence-electron chi connectivity index (χ3n) is 3.69. The number of anilines is 1. The summed E-state index contributed by atoms with van der Waals surface area (Å²) in [5.74, 6) is 0.766. The summed E-state index contributed by atoms with van der Waals surface area (Å²) < 4.78 is 3.11. The molecule has 4 aromatic rings. The Hall–Kier alpha value is -1.74. The SMILES string of the molecule is O=C(Cc1csc(SCc2ccc(Br)cc2)n1)Nc1nc2ccccc2s1. The van der Waals surface area contributed by atoms with E-state index in [1.165, 1.54) is 16.9 Å². The second-order valence-corrected chi connectivity index (χ2v) is 9.76. The lowest BCUT2D eigenvalue weighted by Gasteiger charge is -2.00. The van der Waals surface area contributed by atoms with E-state index in [9.17, 15) is 4.79 Å². The second-order valence-electron chi connectivity index (χ2n) is 5.73. The maximum atomic E-state index is 12.3. The number of para-hydroxylation sites is 1. The molecule has 2 aromatic carbocycles. The lowest BCUT2D eigenvalue weighted by Crippen LogP contribution is -2.14. The zero-order valence-corrected chi connectivity index (χ0v) is 18.1. The Labute approximate surface area is 177 Å². The monoisotopic (exact) mass is 475 g/mol. The van der Waals surface area contributed by atoms with Crippen LogP contribution in [0.25, 0.3) is 10.2 Å². The number of thioether (sulfide) groups is 1. The Balaban J connectivity index is 1.32. The minimum Gasteiger partial charge on any atom is -0.302 e. The molecular weight excluding hydrogens is 462 g/mol. The number of hydrogen-bond donors (Lipinski definition) is 1. The molecule has 0 bridgehead atoms. The van der Waals surface area contributed by atoms with Gasteiger partial charge < -0.3 is 5.32 Å². The van der Waals surface area contributed by atoms with Gasteiger partial charge in [-0.1, -0.05) is 63.3 Å². The normalized spacial score (nSPS) is 11.0. The molecule has 4 nitrogen and oxygen atoms in total. The third-order valence-corrected chi connectivity index (χ3v) is 7.31. The summed E-state index contributed by atoms with van der Waals surface area (Å²) >= 11 is 8.18. The maximum absolute atomic E-state index is 12.3. The van der Waals surface area contributed by atoms with Gasteiger partial charge in [0.2, 0.25) is 5.91 Å². The van der Waals surface area contributed by atoms with E-state index >= 15 is 0 Å². The minimum absolute atomic E-state index is 0.0937. The van der Waals surface area contributed by atoms with Crippen LogP contribution in [0.3, 0.4) is 0 Å². The van der Waals surface area contributed by atoms with Gasteiger partial charge in [-0.05, 0) is 29.8 Å². The molecule has 0 spiro atoms. The van der Waals surface area contributed by atoms with E-state index in [-0.39, 0.29) is 12.3 Å². The Kier molecular flexibility index (Phi) is 5.87. The van der Waals surface area contributed by atoms with Crippen LogP contribution in [0.1, 0.15) is 11.3 Å². The van der Waals surface area contributed by atoms with Crippen molar-refractivity contribution in [2.45, 2.75) is 16.5 Å². The van der Waals surface area contributed by atoms with Crippen molar-refractivity contribution in [3.8, 4) is 0 Å². The number of nitrogens with zero attached hydrogens (tertiary/aromatic N) is 2. The van der Waals surface area contributed by atoms with Gasteiger partial charge in [-0.25, -0.2) is 9.97 Å². The lowest BCUT2D eigenvalue weighted by molar-refractivity contribution is -0.115. The molecule has 0 aliphatic carbocycles. The van der Waals surface area contributed by atoms with E-state index in [0.717, 1.165) is 30.5 Å². The summed E-state index contributed by atoms with van der Waals surface area (Å²) in [6.07, 6.45) is 0.255. The van der Waals surface area contributed by atoms with Crippen molar-refractivity contribution in [3.63, 3.8) is 0 Å². The first-order valence-electron chi connectivity index (χ1n) is 8.13. The zero-order valence-electron chi connectivity index (χ0n) is 14.0. The third kappa shape index (κ3) is 4.95. The Morgan fingerprint density at radius 1 is 1.11 bits per heavy atom. The molecule has 2 aromatic heterocycles. The maximum Gasteiger partial charge on any atom is 0.232 e. The highest BCUT2D eigenvalue weighted by atomic mass is 79.9. The summed E-state index contributed by atoms with van der Waals surface area (Å²) in [6, 6.07) is 16.1. The summed E-state index contributed by atoms with van der Waals surface area (Å²) in [4.78, 5) is 21.3. The van der Waals surface area contributed by atoms with Crippen molar-refractivity contribution in [1.82, 2.24) is 9.97 Å². The fourth-order valence-electron chi connectivity index (χ4n) is 2.42. The van der Waals surface area contributed by atoms with Gasteiger partial charge in [-0.2, -0.15) is 0 Å². The number of amides is 1. The summed E-state index contributed by atoms with van der Waals surface area (Å²) in [5, 5.41) is 5.45. The number of thiazole rings is 2. The number of nitrogens with one attached hydrogen (secondary N) is 1. The number of hydrogen-bond acceptors (Lipinski definition) is 6. The molecule has 0 aliphatic heterocycles. The summed E-state index contributed by atoms with van der Waals surface area (Å²) in [5.41, 5.74) is 2.93.